The minimum Gasteiger partial charge on any atom is -0.497 e. The smallest absolute Gasteiger partial charge is 0.308 e. The Labute approximate surface area is 181 Å². The molecule has 0 unspecified atom stereocenters. The Balaban J connectivity index is 1.85. The van der Waals surface area contributed by atoms with Crippen LogP contribution >= 0.6 is 0 Å². The number of fused-ring (bicyclic) bond motifs is 3. The van der Waals surface area contributed by atoms with Gasteiger partial charge in [0.2, 0.25) is 0 Å². The molecule has 31 heavy (non-hydrogen) atoms. The van der Waals surface area contributed by atoms with Gasteiger partial charge >= 0.3 is 5.97 Å². The highest BCUT2D eigenvalue weighted by Crippen LogP contribution is 2.34. The Morgan fingerprint density at radius 2 is 1.94 bits per heavy atom. The molecule has 4 rings (SSSR count). The molecule has 0 amide bonds. The molecular weight excluding hydrogens is 392 g/mol. The quantitative estimate of drug-likeness (QED) is 0.424. The number of hydrogen-bond donors (Lipinski definition) is 0. The van der Waals surface area contributed by atoms with Gasteiger partial charge in [0.25, 0.3) is 0 Å². The highest BCUT2D eigenvalue weighted by molar-refractivity contribution is 6.15. The number of rotatable bonds is 7. The highest BCUT2D eigenvalue weighted by atomic mass is 16.5. The van der Waals surface area contributed by atoms with Crippen molar-refractivity contribution in [2.24, 2.45) is 4.99 Å². The third-order valence-electron chi connectivity index (χ3n) is 5.30. The number of carbonyl (C=O) groups excluding carboxylic acids is 1. The fraction of sp³-hybridized carbons (Fsp3) is 0.333. The summed E-state index contributed by atoms with van der Waals surface area (Å²) in [4.78, 5) is 17.6. The second-order valence-corrected chi connectivity index (χ2v) is 7.46. The zero-order valence-electron chi connectivity index (χ0n) is 18.0. The lowest BCUT2D eigenvalue weighted by atomic mass is 10.00. The van der Waals surface area contributed by atoms with Crippen LogP contribution < -0.4 is 4.74 Å². The second kappa shape index (κ2) is 9.12. The molecule has 160 valence electrons. The first kappa shape index (κ1) is 20.8. The van der Waals surface area contributed by atoms with Crippen LogP contribution in [0.5, 0.6) is 5.75 Å². The van der Waals surface area contributed by atoms with E-state index in [1.165, 1.54) is 0 Å². The van der Waals surface area contributed by atoms with E-state index in [4.69, 9.17) is 14.5 Å². The lowest BCUT2D eigenvalue weighted by Crippen LogP contribution is -2.13. The zero-order valence-corrected chi connectivity index (χ0v) is 18.0. The average Bonchev–Trinajstić information content (AvgIpc) is 3.11. The van der Waals surface area contributed by atoms with Crippen molar-refractivity contribution in [3.05, 3.63) is 71.3 Å². The van der Waals surface area contributed by atoms with E-state index in [9.17, 15) is 4.79 Å². The van der Waals surface area contributed by atoms with Crippen LogP contribution in [0.25, 0.3) is 5.69 Å². The van der Waals surface area contributed by atoms with Crippen LogP contribution in [0.1, 0.15) is 55.0 Å². The van der Waals surface area contributed by atoms with Gasteiger partial charge in [-0.2, -0.15) is 0 Å². The summed E-state index contributed by atoms with van der Waals surface area (Å²) in [5.41, 5.74) is 3.54. The fourth-order valence-corrected chi connectivity index (χ4v) is 3.71. The molecule has 0 radical (unpaired) electrons. The van der Waals surface area contributed by atoms with E-state index < -0.39 is 6.04 Å². The van der Waals surface area contributed by atoms with Gasteiger partial charge in [0.15, 0.2) is 5.82 Å². The molecule has 2 aromatic carbocycles. The maximum absolute atomic E-state index is 12.6. The number of carbonyl (C=O) groups is 1. The molecule has 0 saturated carbocycles. The van der Waals surface area contributed by atoms with Crippen molar-refractivity contribution in [2.45, 2.75) is 39.2 Å². The fourth-order valence-electron chi connectivity index (χ4n) is 3.71. The summed E-state index contributed by atoms with van der Waals surface area (Å²) in [5.74, 6) is 1.80. The summed E-state index contributed by atoms with van der Waals surface area (Å²) in [6.07, 6.45) is 1.91. The first-order chi connectivity index (χ1) is 15.1. The lowest BCUT2D eigenvalue weighted by Gasteiger charge is -2.14. The molecule has 7 heteroatoms. The van der Waals surface area contributed by atoms with E-state index in [2.05, 4.69) is 17.1 Å². The summed E-state index contributed by atoms with van der Waals surface area (Å²) >= 11 is 0. The van der Waals surface area contributed by atoms with Gasteiger partial charge in [-0.05, 0) is 31.5 Å². The minimum absolute atomic E-state index is 0.101. The van der Waals surface area contributed by atoms with Gasteiger partial charge in [0.1, 0.15) is 17.6 Å². The molecule has 1 atom stereocenters. The van der Waals surface area contributed by atoms with E-state index >= 15 is 0 Å². The number of ether oxygens (including phenoxy) is 2. The molecule has 1 aromatic heterocycles. The van der Waals surface area contributed by atoms with Crippen LogP contribution in [0.15, 0.2) is 53.5 Å². The summed E-state index contributed by atoms with van der Waals surface area (Å²) in [5, 5.41) is 8.66. The predicted octanol–water partition coefficient (Wildman–Crippen LogP) is 4.21. The van der Waals surface area contributed by atoms with Gasteiger partial charge in [-0.1, -0.05) is 43.7 Å². The topological polar surface area (TPSA) is 78.6 Å². The summed E-state index contributed by atoms with van der Waals surface area (Å²) in [7, 11) is 1.64. The molecule has 1 aliphatic rings. The first-order valence-electron chi connectivity index (χ1n) is 10.5. The Morgan fingerprint density at radius 1 is 1.13 bits per heavy atom. The van der Waals surface area contributed by atoms with Crippen LogP contribution in [-0.2, 0) is 9.53 Å². The van der Waals surface area contributed by atoms with Crippen molar-refractivity contribution in [3.63, 3.8) is 0 Å². The average molecular weight is 418 g/mol. The van der Waals surface area contributed by atoms with Crippen molar-refractivity contribution in [1.29, 1.82) is 0 Å². The molecule has 3 aromatic rings. The maximum atomic E-state index is 12.6. The molecule has 0 N–H and O–H groups in total. The van der Waals surface area contributed by atoms with E-state index in [-0.39, 0.29) is 12.4 Å². The van der Waals surface area contributed by atoms with Crippen LogP contribution in [0, 0.1) is 6.92 Å². The standard InChI is InChI=1S/C24H26N4O3/c1-4-5-13-31-22(29)15-20-24-27-26-16(2)28(24)21-12-11-18(30-3)14-19(21)23(25-20)17-9-7-6-8-10-17/h6-12,14,20H,4-5,13,15H2,1-3H3/t20-/m0/s1. The number of aromatic nitrogens is 3. The van der Waals surface area contributed by atoms with Crippen LogP contribution in [0.3, 0.4) is 0 Å². The molecule has 1 aliphatic heterocycles. The van der Waals surface area contributed by atoms with Crippen molar-refractivity contribution in [3.8, 4) is 11.4 Å². The van der Waals surface area contributed by atoms with Gasteiger partial charge in [-0.25, -0.2) is 0 Å². The van der Waals surface area contributed by atoms with Crippen LogP contribution in [0.4, 0.5) is 0 Å². The van der Waals surface area contributed by atoms with Crippen molar-refractivity contribution >= 4 is 11.7 Å². The predicted molar refractivity (Wildman–Crippen MR) is 118 cm³/mol. The normalized spacial score (nSPS) is 14.8. The number of nitrogens with zero attached hydrogens (tertiary/aromatic N) is 4. The van der Waals surface area contributed by atoms with E-state index in [1.54, 1.807) is 7.11 Å². The molecule has 0 fully saturated rings. The Bertz CT molecular complexity index is 1110. The van der Waals surface area contributed by atoms with Crippen LogP contribution in [0.2, 0.25) is 0 Å². The molecule has 7 nitrogen and oxygen atoms in total. The maximum Gasteiger partial charge on any atom is 0.308 e. The molecule has 2 heterocycles. The van der Waals surface area contributed by atoms with E-state index in [1.807, 2.05) is 60.0 Å². The number of hydrogen-bond acceptors (Lipinski definition) is 6. The number of unbranched alkanes of at least 4 members (excludes halogenated alkanes) is 1. The van der Waals surface area contributed by atoms with Gasteiger partial charge in [0.05, 0.1) is 31.5 Å². The SMILES string of the molecule is CCCCOC(=O)C[C@@H]1N=C(c2ccccc2)c2cc(OC)ccc2-n2c(C)nnc21. The van der Waals surface area contributed by atoms with Gasteiger partial charge in [0, 0.05) is 11.1 Å². The zero-order chi connectivity index (χ0) is 21.8. The van der Waals surface area contributed by atoms with Gasteiger partial charge in [-0.15, -0.1) is 10.2 Å². The summed E-state index contributed by atoms with van der Waals surface area (Å²) in [6, 6.07) is 15.3. The third kappa shape index (κ3) is 4.21. The lowest BCUT2D eigenvalue weighted by molar-refractivity contribution is -0.144. The Hall–Kier alpha value is -3.48. The van der Waals surface area contributed by atoms with Crippen molar-refractivity contribution < 1.29 is 14.3 Å². The number of esters is 1. The molecular formula is C24H26N4O3. The number of benzene rings is 2. The third-order valence-corrected chi connectivity index (χ3v) is 5.30. The van der Waals surface area contributed by atoms with E-state index in [0.29, 0.717) is 12.4 Å². The Morgan fingerprint density at radius 3 is 2.68 bits per heavy atom. The van der Waals surface area contributed by atoms with Gasteiger partial charge in [-0.3, -0.25) is 14.4 Å². The molecule has 0 spiro atoms. The monoisotopic (exact) mass is 418 g/mol. The largest absolute Gasteiger partial charge is 0.497 e. The molecule has 0 bridgehead atoms. The Kier molecular flexibility index (Phi) is 6.11. The number of aliphatic imine (C=N–C) groups is 1. The highest BCUT2D eigenvalue weighted by Gasteiger charge is 2.30. The number of aryl methyl sites for hydroxylation is 1. The van der Waals surface area contributed by atoms with Crippen LogP contribution in [-0.4, -0.2) is 40.2 Å². The van der Waals surface area contributed by atoms with Crippen molar-refractivity contribution in [2.75, 3.05) is 13.7 Å². The number of methoxy groups -OCH3 is 1. The molecule has 0 saturated heterocycles. The molecule has 0 aliphatic carbocycles. The first-order valence-corrected chi connectivity index (χ1v) is 10.5. The second-order valence-electron chi connectivity index (χ2n) is 7.46. The van der Waals surface area contributed by atoms with E-state index in [0.717, 1.165) is 46.9 Å². The summed E-state index contributed by atoms with van der Waals surface area (Å²) in [6.45, 7) is 4.38. The minimum atomic E-state index is -0.510. The van der Waals surface area contributed by atoms with Crippen molar-refractivity contribution in [1.82, 2.24) is 14.8 Å². The summed E-state index contributed by atoms with van der Waals surface area (Å²) < 4.78 is 12.9. The van der Waals surface area contributed by atoms with Gasteiger partial charge < -0.3 is 9.47 Å².